The molecule has 0 saturated carbocycles. The third-order valence-electron chi connectivity index (χ3n) is 3.02. The summed E-state index contributed by atoms with van der Waals surface area (Å²) in [7, 11) is 0. The van der Waals surface area contributed by atoms with E-state index in [1.165, 1.54) is 6.07 Å². The lowest BCUT2D eigenvalue weighted by Gasteiger charge is -2.18. The van der Waals surface area contributed by atoms with E-state index in [9.17, 15) is 10.1 Å². The fourth-order valence-electron chi connectivity index (χ4n) is 1.83. The molecule has 5 nitrogen and oxygen atoms in total. The molecule has 0 aliphatic carbocycles. The predicted octanol–water partition coefficient (Wildman–Crippen LogP) is 3.34. The molecule has 0 atom stereocenters. The second kappa shape index (κ2) is 8.31. The second-order valence-electron chi connectivity index (χ2n) is 4.23. The zero-order valence-corrected chi connectivity index (χ0v) is 13.5. The van der Waals surface area contributed by atoms with Gasteiger partial charge in [0.2, 0.25) is 0 Å². The summed E-state index contributed by atoms with van der Waals surface area (Å²) in [5, 5.41) is 14.0. The number of hydrogen-bond acceptors (Lipinski definition) is 4. The van der Waals surface area contributed by atoms with Crippen LogP contribution in [0.25, 0.3) is 0 Å². The first-order valence-corrected chi connectivity index (χ1v) is 7.56. The number of halogens is 1. The number of nitro benzene ring substituents is 1. The third kappa shape index (κ3) is 5.32. The van der Waals surface area contributed by atoms with Gasteiger partial charge in [-0.15, -0.1) is 0 Å². The van der Waals surface area contributed by atoms with Crippen LogP contribution in [0.2, 0.25) is 0 Å². The van der Waals surface area contributed by atoms with E-state index < -0.39 is 0 Å². The SMILES string of the molecule is CCN(CC)CCCNc1ccc([N+](=O)[O-])cc1I. The molecule has 0 unspecified atom stereocenters. The molecular formula is C13H20IN3O2. The van der Waals surface area contributed by atoms with Gasteiger partial charge in [-0.3, -0.25) is 10.1 Å². The Balaban J connectivity index is 2.43. The molecule has 1 N–H and O–H groups in total. The van der Waals surface area contributed by atoms with E-state index in [1.54, 1.807) is 12.1 Å². The lowest BCUT2D eigenvalue weighted by molar-refractivity contribution is -0.384. The van der Waals surface area contributed by atoms with Crippen molar-refractivity contribution >= 4 is 34.0 Å². The number of hydrogen-bond donors (Lipinski definition) is 1. The molecule has 0 radical (unpaired) electrons. The summed E-state index contributed by atoms with van der Waals surface area (Å²) in [5.41, 5.74) is 1.10. The molecule has 0 amide bonds. The summed E-state index contributed by atoms with van der Waals surface area (Å²) in [6.45, 7) is 8.43. The van der Waals surface area contributed by atoms with Gasteiger partial charge in [0.25, 0.3) is 5.69 Å². The molecular weight excluding hydrogens is 357 g/mol. The minimum atomic E-state index is -0.369. The normalized spacial score (nSPS) is 10.7. The molecule has 6 heteroatoms. The van der Waals surface area contributed by atoms with Gasteiger partial charge >= 0.3 is 0 Å². The Morgan fingerprint density at radius 3 is 2.58 bits per heavy atom. The number of nitrogens with one attached hydrogen (secondary N) is 1. The van der Waals surface area contributed by atoms with Crippen LogP contribution < -0.4 is 5.32 Å². The van der Waals surface area contributed by atoms with E-state index in [-0.39, 0.29) is 10.6 Å². The van der Waals surface area contributed by atoms with Crippen LogP contribution in [-0.2, 0) is 0 Å². The standard InChI is InChI=1S/C13H20IN3O2/c1-3-16(4-2)9-5-8-15-13-7-6-11(17(18)19)10-12(13)14/h6-7,10,15H,3-5,8-9H2,1-2H3. The highest BCUT2D eigenvalue weighted by molar-refractivity contribution is 14.1. The Labute approximate surface area is 127 Å². The van der Waals surface area contributed by atoms with Crippen molar-refractivity contribution in [3.63, 3.8) is 0 Å². The van der Waals surface area contributed by atoms with Gasteiger partial charge in [0.05, 0.1) is 4.92 Å². The largest absolute Gasteiger partial charge is 0.384 e. The Morgan fingerprint density at radius 1 is 1.37 bits per heavy atom. The molecule has 0 heterocycles. The number of benzene rings is 1. The molecule has 0 aliphatic rings. The average molecular weight is 377 g/mol. The van der Waals surface area contributed by atoms with E-state index in [0.29, 0.717) is 0 Å². The zero-order valence-electron chi connectivity index (χ0n) is 11.4. The highest BCUT2D eigenvalue weighted by Crippen LogP contribution is 2.23. The van der Waals surface area contributed by atoms with Crippen molar-refractivity contribution in [2.24, 2.45) is 0 Å². The summed E-state index contributed by atoms with van der Waals surface area (Å²) in [6.07, 6.45) is 1.06. The molecule has 0 bridgehead atoms. The van der Waals surface area contributed by atoms with Crippen LogP contribution in [0.4, 0.5) is 11.4 Å². The summed E-state index contributed by atoms with van der Waals surface area (Å²) in [4.78, 5) is 12.7. The van der Waals surface area contributed by atoms with Crippen LogP contribution in [0, 0.1) is 13.7 Å². The number of anilines is 1. The van der Waals surface area contributed by atoms with Crippen LogP contribution in [0.15, 0.2) is 18.2 Å². The van der Waals surface area contributed by atoms with Crippen molar-refractivity contribution in [3.8, 4) is 0 Å². The van der Waals surface area contributed by atoms with Crippen molar-refractivity contribution < 1.29 is 4.92 Å². The van der Waals surface area contributed by atoms with Gasteiger partial charge in [0, 0.05) is 27.9 Å². The molecule has 0 aliphatic heterocycles. The predicted molar refractivity (Wildman–Crippen MR) is 86.7 cm³/mol. The highest BCUT2D eigenvalue weighted by atomic mass is 127. The summed E-state index contributed by atoms with van der Waals surface area (Å²) < 4.78 is 0.884. The van der Waals surface area contributed by atoms with Crippen molar-refractivity contribution in [3.05, 3.63) is 31.9 Å². The van der Waals surface area contributed by atoms with Gasteiger partial charge in [-0.1, -0.05) is 13.8 Å². The zero-order chi connectivity index (χ0) is 14.3. The Bertz CT molecular complexity index is 422. The van der Waals surface area contributed by atoms with E-state index >= 15 is 0 Å². The maximum Gasteiger partial charge on any atom is 0.270 e. The fraction of sp³-hybridized carbons (Fsp3) is 0.538. The average Bonchev–Trinajstić information content (AvgIpc) is 2.40. The first-order valence-electron chi connectivity index (χ1n) is 6.48. The molecule has 0 spiro atoms. The van der Waals surface area contributed by atoms with Crippen LogP contribution in [0.5, 0.6) is 0 Å². The fourth-order valence-corrected chi connectivity index (χ4v) is 2.52. The monoisotopic (exact) mass is 377 g/mol. The van der Waals surface area contributed by atoms with Gasteiger partial charge in [-0.05, 0) is 54.7 Å². The third-order valence-corrected chi connectivity index (χ3v) is 3.92. The van der Waals surface area contributed by atoms with Crippen molar-refractivity contribution in [2.75, 3.05) is 31.5 Å². The van der Waals surface area contributed by atoms with Gasteiger partial charge in [0.15, 0.2) is 0 Å². The molecule has 19 heavy (non-hydrogen) atoms. The molecule has 0 aromatic heterocycles. The maximum absolute atomic E-state index is 10.6. The quantitative estimate of drug-likeness (QED) is 0.327. The minimum absolute atomic E-state index is 0.137. The van der Waals surface area contributed by atoms with E-state index in [2.05, 4.69) is 46.7 Å². The van der Waals surface area contributed by atoms with Crippen molar-refractivity contribution in [1.29, 1.82) is 0 Å². The van der Waals surface area contributed by atoms with Crippen molar-refractivity contribution in [1.82, 2.24) is 4.90 Å². The lowest BCUT2D eigenvalue weighted by atomic mass is 10.2. The lowest BCUT2D eigenvalue weighted by Crippen LogP contribution is -2.25. The van der Waals surface area contributed by atoms with Crippen molar-refractivity contribution in [2.45, 2.75) is 20.3 Å². The van der Waals surface area contributed by atoms with Gasteiger partial charge in [-0.2, -0.15) is 0 Å². The van der Waals surface area contributed by atoms with Crippen LogP contribution in [-0.4, -0.2) is 36.0 Å². The van der Waals surface area contributed by atoms with Crippen LogP contribution in [0.3, 0.4) is 0 Å². The van der Waals surface area contributed by atoms with Gasteiger partial charge in [0.1, 0.15) is 0 Å². The number of nitro groups is 1. The first-order chi connectivity index (χ1) is 9.08. The number of non-ortho nitro benzene ring substituents is 1. The molecule has 1 rings (SSSR count). The number of nitrogens with zero attached hydrogens (tertiary/aromatic N) is 2. The van der Waals surface area contributed by atoms with E-state index in [0.717, 1.165) is 41.9 Å². The smallest absolute Gasteiger partial charge is 0.270 e. The van der Waals surface area contributed by atoms with E-state index in [4.69, 9.17) is 0 Å². The molecule has 0 fully saturated rings. The Hall–Kier alpha value is -0.890. The molecule has 106 valence electrons. The minimum Gasteiger partial charge on any atom is -0.384 e. The molecule has 0 saturated heterocycles. The summed E-state index contributed by atoms with van der Waals surface area (Å²) >= 11 is 2.12. The topological polar surface area (TPSA) is 58.4 Å². The van der Waals surface area contributed by atoms with Crippen LogP contribution in [0.1, 0.15) is 20.3 Å². The molecule has 1 aromatic carbocycles. The Morgan fingerprint density at radius 2 is 2.05 bits per heavy atom. The molecule has 1 aromatic rings. The summed E-state index contributed by atoms with van der Waals surface area (Å²) in [6, 6.07) is 4.90. The van der Waals surface area contributed by atoms with E-state index in [1.807, 2.05) is 0 Å². The van der Waals surface area contributed by atoms with Gasteiger partial charge < -0.3 is 10.2 Å². The van der Waals surface area contributed by atoms with Crippen LogP contribution >= 0.6 is 22.6 Å². The second-order valence-corrected chi connectivity index (χ2v) is 5.39. The maximum atomic E-state index is 10.6. The summed E-state index contributed by atoms with van der Waals surface area (Å²) in [5.74, 6) is 0. The number of rotatable bonds is 8. The highest BCUT2D eigenvalue weighted by Gasteiger charge is 2.08. The van der Waals surface area contributed by atoms with Gasteiger partial charge in [-0.25, -0.2) is 0 Å². The first kappa shape index (κ1) is 16.2. The Kier molecular flexibility index (Phi) is 7.07.